The van der Waals surface area contributed by atoms with Crippen LogP contribution in [0.25, 0.3) is 22.0 Å². The van der Waals surface area contributed by atoms with Crippen molar-refractivity contribution in [3.8, 4) is 0 Å². The van der Waals surface area contributed by atoms with Crippen molar-refractivity contribution in [3.05, 3.63) is 75.3 Å². The molecule has 1 aromatic heterocycles. The molecule has 3 rings (SSSR count). The Balaban J connectivity index is 2.01. The van der Waals surface area contributed by atoms with Crippen LogP contribution in [-0.4, -0.2) is 21.0 Å². The predicted molar refractivity (Wildman–Crippen MR) is 94.5 cm³/mol. The van der Waals surface area contributed by atoms with Crippen molar-refractivity contribution in [1.29, 1.82) is 0 Å². The number of aromatic nitrogens is 2. The first-order valence-corrected chi connectivity index (χ1v) is 7.85. The lowest BCUT2D eigenvalue weighted by Gasteiger charge is -2.06. The zero-order chi connectivity index (χ0) is 19.8. The highest BCUT2D eigenvalue weighted by Gasteiger charge is 2.29. The topological polar surface area (TPSA) is 83.0 Å². The summed E-state index contributed by atoms with van der Waals surface area (Å²) in [4.78, 5) is 29.8. The molecule has 0 amide bonds. The average molecular weight is 395 g/mol. The van der Waals surface area contributed by atoms with Crippen LogP contribution in [0.1, 0.15) is 27.3 Å². The number of aromatic carboxylic acids is 1. The summed E-state index contributed by atoms with van der Waals surface area (Å²) in [5, 5.41) is 9.20. The van der Waals surface area contributed by atoms with Crippen LogP contribution in [0.15, 0.2) is 47.3 Å². The number of carboxylic acids is 1. The van der Waals surface area contributed by atoms with Crippen molar-refractivity contribution in [2.45, 2.75) is 6.18 Å². The fourth-order valence-corrected chi connectivity index (χ4v) is 2.58. The monoisotopic (exact) mass is 394 g/mol. The van der Waals surface area contributed by atoms with Crippen molar-refractivity contribution in [1.82, 2.24) is 9.97 Å². The summed E-state index contributed by atoms with van der Waals surface area (Å²) in [5.74, 6) is -1.21. The van der Waals surface area contributed by atoms with Gasteiger partial charge in [0.15, 0.2) is 5.82 Å². The quantitative estimate of drug-likeness (QED) is 0.690. The number of nitrogens with one attached hydrogen (secondary N) is 1. The zero-order valence-electron chi connectivity index (χ0n) is 13.3. The summed E-state index contributed by atoms with van der Waals surface area (Å²) >= 11 is 6.14. The molecule has 5 nitrogen and oxygen atoms in total. The first-order valence-electron chi connectivity index (χ1n) is 7.47. The molecule has 0 spiro atoms. The molecule has 0 aliphatic rings. The number of rotatable bonds is 3. The van der Waals surface area contributed by atoms with Gasteiger partial charge in [-0.1, -0.05) is 23.7 Å². The molecule has 0 saturated heterocycles. The number of hydrogen-bond donors (Lipinski definition) is 2. The molecule has 27 heavy (non-hydrogen) atoms. The Labute approximate surface area is 154 Å². The van der Waals surface area contributed by atoms with Crippen molar-refractivity contribution in [2.24, 2.45) is 0 Å². The minimum atomic E-state index is -4.45. The van der Waals surface area contributed by atoms with Gasteiger partial charge >= 0.3 is 12.1 Å². The van der Waals surface area contributed by atoms with Crippen molar-refractivity contribution in [2.75, 3.05) is 0 Å². The Hall–Kier alpha value is -3.13. The van der Waals surface area contributed by atoms with Gasteiger partial charge in [-0.3, -0.25) is 4.79 Å². The smallest absolute Gasteiger partial charge is 0.416 e. The van der Waals surface area contributed by atoms with E-state index in [2.05, 4.69) is 9.97 Å². The second kappa shape index (κ2) is 6.88. The average Bonchev–Trinajstić information content (AvgIpc) is 2.60. The maximum atomic E-state index is 12.6. The van der Waals surface area contributed by atoms with E-state index in [0.717, 1.165) is 12.1 Å². The van der Waals surface area contributed by atoms with E-state index in [0.29, 0.717) is 5.56 Å². The van der Waals surface area contributed by atoms with Gasteiger partial charge in [0.1, 0.15) is 0 Å². The van der Waals surface area contributed by atoms with Gasteiger partial charge < -0.3 is 10.1 Å². The van der Waals surface area contributed by atoms with Crippen LogP contribution in [0.5, 0.6) is 0 Å². The van der Waals surface area contributed by atoms with Gasteiger partial charge in [0.25, 0.3) is 5.56 Å². The molecule has 9 heteroatoms. The molecule has 0 fully saturated rings. The molecule has 0 unspecified atom stereocenters. The van der Waals surface area contributed by atoms with Crippen LogP contribution in [0, 0.1) is 0 Å². The lowest BCUT2D eigenvalue weighted by atomic mass is 10.1. The molecule has 2 aromatic carbocycles. The van der Waals surface area contributed by atoms with Gasteiger partial charge in [0.2, 0.25) is 0 Å². The molecule has 0 aliphatic carbocycles. The molecule has 0 aliphatic heterocycles. The number of halogens is 4. The van der Waals surface area contributed by atoms with E-state index >= 15 is 0 Å². The first-order chi connectivity index (χ1) is 12.6. The Kier molecular flexibility index (Phi) is 4.75. The highest BCUT2D eigenvalue weighted by molar-refractivity contribution is 6.50. The third-order valence-electron chi connectivity index (χ3n) is 3.71. The molecule has 0 bridgehead atoms. The van der Waals surface area contributed by atoms with Crippen molar-refractivity contribution in [3.63, 3.8) is 0 Å². The number of H-pyrrole nitrogens is 1. The van der Waals surface area contributed by atoms with Crippen molar-refractivity contribution >= 4 is 39.6 Å². The Morgan fingerprint density at radius 1 is 1.15 bits per heavy atom. The third-order valence-corrected chi connectivity index (χ3v) is 4.00. The van der Waals surface area contributed by atoms with Gasteiger partial charge in [-0.05, 0) is 42.0 Å². The fraction of sp³-hybridized carbons (Fsp3) is 0.0556. The van der Waals surface area contributed by atoms with Crippen LogP contribution in [-0.2, 0) is 6.18 Å². The number of nitrogens with zero attached hydrogens (tertiary/aromatic N) is 1. The lowest BCUT2D eigenvalue weighted by molar-refractivity contribution is -0.137. The predicted octanol–water partition coefficient (Wildman–Crippen LogP) is 4.38. The lowest BCUT2D eigenvalue weighted by Crippen LogP contribution is -2.11. The van der Waals surface area contributed by atoms with E-state index in [-0.39, 0.29) is 27.3 Å². The summed E-state index contributed by atoms with van der Waals surface area (Å²) in [6, 6.07) is 8.12. The van der Waals surface area contributed by atoms with E-state index in [9.17, 15) is 22.8 Å². The molecular formula is C18H10ClF3N2O3. The summed E-state index contributed by atoms with van der Waals surface area (Å²) in [5.41, 5.74) is -0.864. The van der Waals surface area contributed by atoms with Crippen LogP contribution < -0.4 is 5.56 Å². The van der Waals surface area contributed by atoms with Gasteiger partial charge in [-0.15, -0.1) is 0 Å². The van der Waals surface area contributed by atoms with Gasteiger partial charge in [-0.2, -0.15) is 13.2 Å². The standard InChI is InChI=1S/C18H10ClF3N2O3/c19-13(7-9-1-4-11(5-2-9)18(20,21)22)15-23-14-8-10(17(26)27)3-6-12(14)16(25)24-15/h1-8H,(H,26,27)(H,23,24,25)/b13-7-. The minimum absolute atomic E-state index is 0.0190. The van der Waals surface area contributed by atoms with Gasteiger partial charge in [-0.25, -0.2) is 9.78 Å². The molecule has 0 atom stereocenters. The van der Waals surface area contributed by atoms with E-state index in [1.54, 1.807) is 0 Å². The number of benzene rings is 2. The normalized spacial score (nSPS) is 12.4. The summed E-state index contributed by atoms with van der Waals surface area (Å²) in [6.45, 7) is 0. The largest absolute Gasteiger partial charge is 0.478 e. The molecule has 0 radical (unpaired) electrons. The Bertz CT molecular complexity index is 1120. The van der Waals surface area contributed by atoms with E-state index in [1.807, 2.05) is 0 Å². The van der Waals surface area contributed by atoms with Crippen molar-refractivity contribution < 1.29 is 23.1 Å². The molecule has 138 valence electrons. The maximum Gasteiger partial charge on any atom is 0.416 e. The molecular weight excluding hydrogens is 385 g/mol. The SMILES string of the molecule is O=C(O)c1ccc2c(=O)[nH]c(/C(Cl)=C/c3ccc(C(F)(F)F)cc3)nc2c1. The summed E-state index contributed by atoms with van der Waals surface area (Å²) in [6.07, 6.45) is -3.11. The third kappa shape index (κ3) is 4.01. The Morgan fingerprint density at radius 3 is 2.41 bits per heavy atom. The summed E-state index contributed by atoms with van der Waals surface area (Å²) in [7, 11) is 0. The second-order valence-corrected chi connectivity index (χ2v) is 5.97. The highest BCUT2D eigenvalue weighted by atomic mass is 35.5. The Morgan fingerprint density at radius 2 is 1.81 bits per heavy atom. The maximum absolute atomic E-state index is 12.6. The molecule has 0 saturated carbocycles. The number of hydrogen-bond acceptors (Lipinski definition) is 3. The number of alkyl halides is 3. The minimum Gasteiger partial charge on any atom is -0.478 e. The summed E-state index contributed by atoms with van der Waals surface area (Å²) < 4.78 is 37.8. The first kappa shape index (κ1) is 18.7. The van der Waals surface area contributed by atoms with Crippen LogP contribution in [0.3, 0.4) is 0 Å². The van der Waals surface area contributed by atoms with E-state index < -0.39 is 23.3 Å². The highest BCUT2D eigenvalue weighted by Crippen LogP contribution is 2.30. The van der Waals surface area contributed by atoms with E-state index in [1.165, 1.54) is 36.4 Å². The van der Waals surface area contributed by atoms with E-state index in [4.69, 9.17) is 16.7 Å². The molecule has 1 heterocycles. The molecule has 2 N–H and O–H groups in total. The number of aromatic amines is 1. The number of carbonyl (C=O) groups is 1. The van der Waals surface area contributed by atoms with Gasteiger partial charge in [0.05, 0.1) is 27.1 Å². The van der Waals surface area contributed by atoms with Crippen LogP contribution in [0.2, 0.25) is 0 Å². The van der Waals surface area contributed by atoms with Crippen LogP contribution >= 0.6 is 11.6 Å². The molecule has 3 aromatic rings. The number of carboxylic acid groups (broad SMARTS) is 1. The second-order valence-electron chi connectivity index (χ2n) is 5.56. The van der Waals surface area contributed by atoms with Gasteiger partial charge in [0, 0.05) is 0 Å². The van der Waals surface area contributed by atoms with Crippen LogP contribution in [0.4, 0.5) is 13.2 Å². The number of fused-ring (bicyclic) bond motifs is 1. The fourth-order valence-electron chi connectivity index (χ4n) is 2.37. The zero-order valence-corrected chi connectivity index (χ0v) is 14.1.